The number of benzene rings is 1. The maximum Gasteiger partial charge on any atom is 0.326 e. The number of carboxylic acid groups (broad SMARTS) is 1. The Kier molecular flexibility index (Phi) is 9.84. The maximum absolute atomic E-state index is 13.4. The molecule has 1 saturated heterocycles. The first-order valence-electron chi connectivity index (χ1n) is 10.9. The summed E-state index contributed by atoms with van der Waals surface area (Å²) in [6.07, 6.45) is 1.15. The van der Waals surface area contributed by atoms with Gasteiger partial charge in [-0.2, -0.15) is 11.8 Å². The molecule has 0 radical (unpaired) electrons. The van der Waals surface area contributed by atoms with Crippen LogP contribution in [0.3, 0.4) is 0 Å². The Labute approximate surface area is 188 Å². The van der Waals surface area contributed by atoms with Gasteiger partial charge in [0.1, 0.15) is 12.1 Å². The molecule has 0 saturated carbocycles. The van der Waals surface area contributed by atoms with Crippen molar-refractivity contribution in [2.45, 2.75) is 64.7 Å². The van der Waals surface area contributed by atoms with Gasteiger partial charge in [-0.15, -0.1) is 0 Å². The van der Waals surface area contributed by atoms with E-state index in [4.69, 9.17) is 4.74 Å². The predicted octanol–water partition coefficient (Wildman–Crippen LogP) is 2.58. The van der Waals surface area contributed by atoms with E-state index >= 15 is 0 Å². The van der Waals surface area contributed by atoms with Crippen molar-refractivity contribution in [3.8, 4) is 0 Å². The number of esters is 1. The Morgan fingerprint density at radius 2 is 1.90 bits per heavy atom. The SMILES string of the molecule is CCOC(=O)C(CCc1ccccc1)NC1CSCC(C(C)C)N(C(C)C(=O)O)C1=O. The highest BCUT2D eigenvalue weighted by atomic mass is 32.2. The first kappa shape index (κ1) is 25.2. The van der Waals surface area contributed by atoms with Crippen LogP contribution in [0.25, 0.3) is 0 Å². The number of aryl methyl sites for hydroxylation is 1. The lowest BCUT2D eigenvalue weighted by Crippen LogP contribution is -2.59. The van der Waals surface area contributed by atoms with Crippen LogP contribution < -0.4 is 5.32 Å². The average molecular weight is 451 g/mol. The van der Waals surface area contributed by atoms with Crippen LogP contribution in [-0.2, 0) is 25.5 Å². The van der Waals surface area contributed by atoms with E-state index in [0.717, 1.165) is 5.56 Å². The summed E-state index contributed by atoms with van der Waals surface area (Å²) in [5.74, 6) is -0.433. The number of nitrogens with zero attached hydrogens (tertiary/aromatic N) is 1. The van der Waals surface area contributed by atoms with Crippen molar-refractivity contribution in [3.63, 3.8) is 0 Å². The third-order valence-corrected chi connectivity index (χ3v) is 6.71. The number of ether oxygens (including phenoxy) is 1. The fourth-order valence-corrected chi connectivity index (χ4v) is 5.14. The first-order chi connectivity index (χ1) is 14.8. The molecule has 0 aliphatic carbocycles. The molecule has 1 heterocycles. The molecular formula is C23H34N2O5S. The van der Waals surface area contributed by atoms with Gasteiger partial charge in [0.15, 0.2) is 0 Å². The lowest BCUT2D eigenvalue weighted by atomic mass is 10.0. The van der Waals surface area contributed by atoms with Crippen LogP contribution in [-0.4, -0.2) is 70.1 Å². The number of hydrogen-bond acceptors (Lipinski definition) is 6. The minimum atomic E-state index is -1.03. The van der Waals surface area contributed by atoms with Gasteiger partial charge in [-0.3, -0.25) is 14.9 Å². The number of thioether (sulfide) groups is 1. The van der Waals surface area contributed by atoms with E-state index in [1.165, 1.54) is 4.90 Å². The number of aliphatic carboxylic acids is 1. The highest BCUT2D eigenvalue weighted by Gasteiger charge is 2.40. The molecule has 1 aromatic carbocycles. The minimum Gasteiger partial charge on any atom is -0.480 e. The molecule has 4 atom stereocenters. The summed E-state index contributed by atoms with van der Waals surface area (Å²) in [7, 11) is 0. The van der Waals surface area contributed by atoms with Gasteiger partial charge in [-0.1, -0.05) is 44.2 Å². The molecule has 172 valence electrons. The molecule has 1 aliphatic rings. The highest BCUT2D eigenvalue weighted by Crippen LogP contribution is 2.25. The third-order valence-electron chi connectivity index (χ3n) is 5.57. The van der Waals surface area contributed by atoms with Gasteiger partial charge in [0, 0.05) is 17.5 Å². The van der Waals surface area contributed by atoms with Crippen LogP contribution in [0, 0.1) is 5.92 Å². The second kappa shape index (κ2) is 12.1. The van der Waals surface area contributed by atoms with Gasteiger partial charge in [0.25, 0.3) is 0 Å². The highest BCUT2D eigenvalue weighted by molar-refractivity contribution is 7.99. The van der Waals surface area contributed by atoms with E-state index in [9.17, 15) is 19.5 Å². The summed E-state index contributed by atoms with van der Waals surface area (Å²) in [4.78, 5) is 39.2. The molecule has 1 amide bonds. The van der Waals surface area contributed by atoms with Gasteiger partial charge in [0.05, 0.1) is 12.6 Å². The lowest BCUT2D eigenvalue weighted by molar-refractivity contribution is -0.153. The van der Waals surface area contributed by atoms with Crippen molar-refractivity contribution in [2.24, 2.45) is 5.92 Å². The lowest BCUT2D eigenvalue weighted by Gasteiger charge is -2.37. The molecule has 1 aromatic rings. The maximum atomic E-state index is 13.4. The van der Waals surface area contributed by atoms with Crippen molar-refractivity contribution in [3.05, 3.63) is 35.9 Å². The monoisotopic (exact) mass is 450 g/mol. The van der Waals surface area contributed by atoms with E-state index < -0.39 is 30.1 Å². The van der Waals surface area contributed by atoms with Crippen LogP contribution >= 0.6 is 11.8 Å². The molecular weight excluding hydrogens is 416 g/mol. The zero-order chi connectivity index (χ0) is 23.0. The second-order valence-electron chi connectivity index (χ2n) is 8.16. The normalized spacial score (nSPS) is 21.5. The molecule has 31 heavy (non-hydrogen) atoms. The Hall–Kier alpha value is -2.06. The number of hydrogen-bond donors (Lipinski definition) is 2. The van der Waals surface area contributed by atoms with Crippen LogP contribution in [0.2, 0.25) is 0 Å². The van der Waals surface area contributed by atoms with Crippen molar-refractivity contribution in [1.82, 2.24) is 10.2 Å². The fourth-order valence-electron chi connectivity index (χ4n) is 3.74. The molecule has 7 nitrogen and oxygen atoms in total. The smallest absolute Gasteiger partial charge is 0.326 e. The fraction of sp³-hybridized carbons (Fsp3) is 0.609. The number of carbonyl (C=O) groups excluding carboxylic acids is 2. The quantitative estimate of drug-likeness (QED) is 0.529. The molecule has 4 unspecified atom stereocenters. The summed E-state index contributed by atoms with van der Waals surface area (Å²) in [5.41, 5.74) is 1.10. The summed E-state index contributed by atoms with van der Waals surface area (Å²) in [5, 5.41) is 12.8. The molecule has 8 heteroatoms. The van der Waals surface area contributed by atoms with Crippen molar-refractivity contribution >= 4 is 29.6 Å². The number of rotatable bonds is 10. The van der Waals surface area contributed by atoms with E-state index in [1.807, 2.05) is 44.2 Å². The Morgan fingerprint density at radius 1 is 1.23 bits per heavy atom. The summed E-state index contributed by atoms with van der Waals surface area (Å²) >= 11 is 1.61. The van der Waals surface area contributed by atoms with Crippen LogP contribution in [0.15, 0.2) is 30.3 Å². The van der Waals surface area contributed by atoms with Crippen molar-refractivity contribution in [2.75, 3.05) is 18.1 Å². The number of carbonyl (C=O) groups is 3. The number of nitrogens with one attached hydrogen (secondary N) is 1. The summed E-state index contributed by atoms with van der Waals surface area (Å²) in [6.45, 7) is 7.54. The predicted molar refractivity (Wildman–Crippen MR) is 122 cm³/mol. The van der Waals surface area contributed by atoms with Gasteiger partial charge in [-0.05, 0) is 38.2 Å². The summed E-state index contributed by atoms with van der Waals surface area (Å²) < 4.78 is 5.25. The molecule has 2 rings (SSSR count). The Balaban J connectivity index is 2.21. The molecule has 0 bridgehead atoms. The van der Waals surface area contributed by atoms with E-state index in [2.05, 4.69) is 5.32 Å². The van der Waals surface area contributed by atoms with Crippen LogP contribution in [0.5, 0.6) is 0 Å². The molecule has 0 aromatic heterocycles. The van der Waals surface area contributed by atoms with E-state index in [1.54, 1.807) is 25.6 Å². The Morgan fingerprint density at radius 3 is 2.48 bits per heavy atom. The summed E-state index contributed by atoms with van der Waals surface area (Å²) in [6, 6.07) is 7.42. The third kappa shape index (κ3) is 6.97. The van der Waals surface area contributed by atoms with Crippen molar-refractivity contribution in [1.29, 1.82) is 0 Å². The van der Waals surface area contributed by atoms with Crippen LogP contribution in [0.4, 0.5) is 0 Å². The molecule has 1 fully saturated rings. The minimum absolute atomic E-state index is 0.121. The van der Waals surface area contributed by atoms with Gasteiger partial charge >= 0.3 is 11.9 Å². The van der Waals surface area contributed by atoms with Gasteiger partial charge in [0.2, 0.25) is 5.91 Å². The zero-order valence-corrected chi connectivity index (χ0v) is 19.6. The number of amides is 1. The first-order valence-corrected chi connectivity index (χ1v) is 12.0. The van der Waals surface area contributed by atoms with E-state index in [-0.39, 0.29) is 24.5 Å². The van der Waals surface area contributed by atoms with Gasteiger partial charge in [-0.25, -0.2) is 4.79 Å². The molecule has 0 spiro atoms. The Bertz CT molecular complexity index is 743. The molecule has 1 aliphatic heterocycles. The second-order valence-corrected chi connectivity index (χ2v) is 9.23. The van der Waals surface area contributed by atoms with Gasteiger partial charge < -0.3 is 14.7 Å². The average Bonchev–Trinajstić information content (AvgIpc) is 2.90. The molecule has 2 N–H and O–H groups in total. The van der Waals surface area contributed by atoms with Crippen LogP contribution in [0.1, 0.15) is 39.7 Å². The standard InChI is InChI=1S/C23H34N2O5S/c1-5-30-23(29)18(12-11-17-9-7-6-8-10-17)24-19-13-31-14-20(15(2)3)25(21(19)26)16(4)22(27)28/h6-10,15-16,18-20,24H,5,11-14H2,1-4H3,(H,27,28). The van der Waals surface area contributed by atoms with Crippen molar-refractivity contribution < 1.29 is 24.2 Å². The van der Waals surface area contributed by atoms with E-state index in [0.29, 0.717) is 24.3 Å². The largest absolute Gasteiger partial charge is 0.480 e. The number of carboxylic acids is 1. The zero-order valence-electron chi connectivity index (χ0n) is 18.7. The topological polar surface area (TPSA) is 95.9 Å².